The molecule has 0 aromatic heterocycles. The number of aliphatic hydroxyl groups is 1. The number of hydrogen-bond donors (Lipinski definition) is 1. The second-order valence-corrected chi connectivity index (χ2v) is 6.50. The predicted molar refractivity (Wildman–Crippen MR) is 99.0 cm³/mol. The van der Waals surface area contributed by atoms with Crippen LogP contribution in [0.3, 0.4) is 0 Å². The molecule has 0 saturated carbocycles. The van der Waals surface area contributed by atoms with Gasteiger partial charge < -0.3 is 5.11 Å². The fourth-order valence-electron chi connectivity index (χ4n) is 1.88. The Balaban J connectivity index is 3.41. The Kier molecular flexibility index (Phi) is 17.2. The molecular weight excluding hydrogens is 276 g/mol. The third-order valence-corrected chi connectivity index (χ3v) is 4.17. The third kappa shape index (κ3) is 17.5. The molecule has 1 unspecified atom stereocenters. The Labute approximate surface area is 136 Å². The average Bonchev–Trinajstić information content (AvgIpc) is 2.48. The summed E-state index contributed by atoms with van der Waals surface area (Å²) in [6.07, 6.45) is 21.8. The molecule has 0 bridgehead atoms. The number of allylic oxidation sites excluding steroid dienone is 4. The number of unbranched alkanes of at least 4 members (excludes halogenated alkanes) is 4. The van der Waals surface area contributed by atoms with Crippen molar-refractivity contribution in [3.63, 3.8) is 0 Å². The Morgan fingerprint density at radius 1 is 0.905 bits per heavy atom. The van der Waals surface area contributed by atoms with E-state index in [1.165, 1.54) is 37.9 Å². The van der Waals surface area contributed by atoms with Crippen molar-refractivity contribution in [1.82, 2.24) is 0 Å². The van der Waals surface area contributed by atoms with Crippen molar-refractivity contribution < 1.29 is 5.11 Å². The van der Waals surface area contributed by atoms with Crippen LogP contribution in [0.5, 0.6) is 0 Å². The van der Waals surface area contributed by atoms with Crippen molar-refractivity contribution in [1.29, 1.82) is 0 Å². The van der Waals surface area contributed by atoms with E-state index < -0.39 is 0 Å². The maximum absolute atomic E-state index is 9.70. The van der Waals surface area contributed by atoms with Gasteiger partial charge in [-0.15, -0.1) is 0 Å². The van der Waals surface area contributed by atoms with Crippen LogP contribution in [0.1, 0.15) is 65.2 Å². The molecule has 0 aromatic carbocycles. The lowest BCUT2D eigenvalue weighted by Gasteiger charge is -2.03. The highest BCUT2D eigenvalue weighted by Crippen LogP contribution is 2.06. The van der Waals surface area contributed by atoms with Crippen LogP contribution in [0.4, 0.5) is 0 Å². The predicted octanol–water partition coefficient (Wildman–Crippen LogP) is 5.91. The van der Waals surface area contributed by atoms with Gasteiger partial charge in [0.2, 0.25) is 0 Å². The van der Waals surface area contributed by atoms with Crippen molar-refractivity contribution in [3.05, 3.63) is 36.5 Å². The summed E-state index contributed by atoms with van der Waals surface area (Å²) in [5.74, 6) is 2.30. The van der Waals surface area contributed by atoms with E-state index in [4.69, 9.17) is 0 Å². The van der Waals surface area contributed by atoms with Gasteiger partial charge >= 0.3 is 0 Å². The SMILES string of the molecule is CCCC/C=C/CSCC/C=C/C=C/C(O)CCCCC. The first-order chi connectivity index (χ1) is 10.3. The maximum Gasteiger partial charge on any atom is 0.0723 e. The second kappa shape index (κ2) is 17.6. The smallest absolute Gasteiger partial charge is 0.0723 e. The Morgan fingerprint density at radius 2 is 1.71 bits per heavy atom. The van der Waals surface area contributed by atoms with Gasteiger partial charge in [-0.2, -0.15) is 11.8 Å². The normalized spacial score (nSPS) is 13.9. The monoisotopic (exact) mass is 310 g/mol. The van der Waals surface area contributed by atoms with Crippen molar-refractivity contribution in [2.24, 2.45) is 0 Å². The van der Waals surface area contributed by atoms with E-state index in [1.54, 1.807) is 0 Å². The number of aliphatic hydroxyl groups excluding tert-OH is 1. The van der Waals surface area contributed by atoms with Gasteiger partial charge in [0.15, 0.2) is 0 Å². The molecule has 0 rings (SSSR count). The first kappa shape index (κ1) is 20.5. The number of hydrogen-bond acceptors (Lipinski definition) is 2. The van der Waals surface area contributed by atoms with Gasteiger partial charge in [0.05, 0.1) is 6.10 Å². The summed E-state index contributed by atoms with van der Waals surface area (Å²) in [7, 11) is 0. The van der Waals surface area contributed by atoms with E-state index in [2.05, 4.69) is 38.2 Å². The summed E-state index contributed by atoms with van der Waals surface area (Å²) >= 11 is 1.98. The van der Waals surface area contributed by atoms with Gasteiger partial charge in [0.25, 0.3) is 0 Å². The molecule has 0 fully saturated rings. The molecule has 0 aliphatic heterocycles. The maximum atomic E-state index is 9.70. The van der Waals surface area contributed by atoms with E-state index in [0.717, 1.165) is 25.0 Å². The molecule has 122 valence electrons. The van der Waals surface area contributed by atoms with Gasteiger partial charge in [0, 0.05) is 5.75 Å². The summed E-state index contributed by atoms with van der Waals surface area (Å²) in [6.45, 7) is 4.41. The van der Waals surface area contributed by atoms with E-state index in [9.17, 15) is 5.11 Å². The summed E-state index contributed by atoms with van der Waals surface area (Å²) in [4.78, 5) is 0. The first-order valence-corrected chi connectivity index (χ1v) is 9.70. The van der Waals surface area contributed by atoms with Gasteiger partial charge in [0.1, 0.15) is 0 Å². The van der Waals surface area contributed by atoms with Crippen molar-refractivity contribution in [2.75, 3.05) is 11.5 Å². The largest absolute Gasteiger partial charge is 0.389 e. The summed E-state index contributed by atoms with van der Waals surface area (Å²) < 4.78 is 0. The van der Waals surface area contributed by atoms with Gasteiger partial charge in [-0.3, -0.25) is 0 Å². The van der Waals surface area contributed by atoms with E-state index in [-0.39, 0.29) is 6.10 Å². The van der Waals surface area contributed by atoms with Crippen molar-refractivity contribution in [3.8, 4) is 0 Å². The minimum atomic E-state index is -0.274. The van der Waals surface area contributed by atoms with Crippen LogP contribution in [-0.2, 0) is 0 Å². The Morgan fingerprint density at radius 3 is 2.48 bits per heavy atom. The van der Waals surface area contributed by atoms with Crippen LogP contribution in [0, 0.1) is 0 Å². The molecule has 0 saturated heterocycles. The van der Waals surface area contributed by atoms with Gasteiger partial charge in [-0.1, -0.05) is 82.4 Å². The zero-order chi connectivity index (χ0) is 15.6. The number of thioether (sulfide) groups is 1. The van der Waals surface area contributed by atoms with E-state index in [0.29, 0.717) is 0 Å². The lowest BCUT2D eigenvalue weighted by Crippen LogP contribution is -2.00. The lowest BCUT2D eigenvalue weighted by molar-refractivity contribution is 0.208. The quantitative estimate of drug-likeness (QED) is 0.244. The Hall–Kier alpha value is -0.470. The summed E-state index contributed by atoms with van der Waals surface area (Å²) in [5, 5.41) is 9.70. The highest BCUT2D eigenvalue weighted by Gasteiger charge is 1.96. The minimum Gasteiger partial charge on any atom is -0.389 e. The summed E-state index contributed by atoms with van der Waals surface area (Å²) in [5.41, 5.74) is 0. The topological polar surface area (TPSA) is 20.2 Å². The van der Waals surface area contributed by atoms with Gasteiger partial charge in [-0.05, 0) is 25.0 Å². The minimum absolute atomic E-state index is 0.274. The molecule has 21 heavy (non-hydrogen) atoms. The van der Waals surface area contributed by atoms with E-state index in [1.807, 2.05) is 23.9 Å². The molecule has 0 aliphatic carbocycles. The summed E-state index contributed by atoms with van der Waals surface area (Å²) in [6, 6.07) is 0. The fourth-order valence-corrected chi connectivity index (χ4v) is 2.62. The van der Waals surface area contributed by atoms with Crippen LogP contribution in [-0.4, -0.2) is 22.7 Å². The van der Waals surface area contributed by atoms with Crippen molar-refractivity contribution >= 4 is 11.8 Å². The second-order valence-electron chi connectivity index (χ2n) is 5.35. The van der Waals surface area contributed by atoms with Crippen molar-refractivity contribution in [2.45, 2.75) is 71.3 Å². The number of rotatable bonds is 14. The molecule has 0 radical (unpaired) electrons. The molecule has 0 heterocycles. The average molecular weight is 311 g/mol. The molecular formula is C19H34OS. The van der Waals surface area contributed by atoms with Crippen LogP contribution in [0.15, 0.2) is 36.5 Å². The zero-order valence-corrected chi connectivity index (χ0v) is 14.8. The molecule has 0 aromatic rings. The molecule has 2 heteroatoms. The first-order valence-electron chi connectivity index (χ1n) is 8.55. The molecule has 1 atom stereocenters. The van der Waals surface area contributed by atoms with Crippen LogP contribution in [0.25, 0.3) is 0 Å². The zero-order valence-electron chi connectivity index (χ0n) is 14.0. The van der Waals surface area contributed by atoms with E-state index >= 15 is 0 Å². The highest BCUT2D eigenvalue weighted by atomic mass is 32.2. The Bertz CT molecular complexity index is 281. The molecule has 0 amide bonds. The van der Waals surface area contributed by atoms with Crippen LogP contribution >= 0.6 is 11.8 Å². The van der Waals surface area contributed by atoms with Gasteiger partial charge in [-0.25, -0.2) is 0 Å². The lowest BCUT2D eigenvalue weighted by atomic mass is 10.1. The standard InChI is InChI=1S/C19H34OS/c1-3-5-7-9-13-17-21-18-14-10-8-12-16-19(20)15-11-6-4-2/h8-10,12-13,16,19-20H,3-7,11,14-15,17-18H2,1-2H3/b10-8+,13-9+,16-12+. The van der Waals surface area contributed by atoms with Crippen LogP contribution < -0.4 is 0 Å². The third-order valence-electron chi connectivity index (χ3n) is 3.22. The highest BCUT2D eigenvalue weighted by molar-refractivity contribution is 7.99. The molecule has 0 spiro atoms. The fraction of sp³-hybridized carbons (Fsp3) is 0.684. The molecule has 0 aliphatic rings. The molecule has 1 nitrogen and oxygen atoms in total. The van der Waals surface area contributed by atoms with Crippen LogP contribution in [0.2, 0.25) is 0 Å². The molecule has 1 N–H and O–H groups in total.